The maximum absolute atomic E-state index is 13.2. The first-order chi connectivity index (χ1) is 17.5. The summed E-state index contributed by atoms with van der Waals surface area (Å²) in [5.74, 6) is -2.16. The zero-order valence-corrected chi connectivity index (χ0v) is 20.1. The summed E-state index contributed by atoms with van der Waals surface area (Å²) in [4.78, 5) is 39.3. The molecule has 0 spiro atoms. The van der Waals surface area contributed by atoms with Gasteiger partial charge in [0.15, 0.2) is 0 Å². The van der Waals surface area contributed by atoms with Gasteiger partial charge in [-0.1, -0.05) is 84.9 Å². The molecule has 0 saturated carbocycles. The molecule has 4 aromatic rings. The molecule has 0 radical (unpaired) electrons. The fourth-order valence-electron chi connectivity index (χ4n) is 4.18. The highest BCUT2D eigenvalue weighted by Crippen LogP contribution is 2.39. The van der Waals surface area contributed by atoms with Gasteiger partial charge in [-0.25, -0.2) is 14.4 Å². The molecule has 0 aliphatic rings. The smallest absolute Gasteiger partial charge is 0.339 e. The van der Waals surface area contributed by atoms with E-state index >= 15 is 0 Å². The molecule has 6 nitrogen and oxygen atoms in total. The highest BCUT2D eigenvalue weighted by atomic mass is 16.5. The minimum atomic E-state index is -0.777. The van der Waals surface area contributed by atoms with Crippen LogP contribution in [-0.4, -0.2) is 39.2 Å². The van der Waals surface area contributed by atoms with Crippen LogP contribution in [0.2, 0.25) is 0 Å². The lowest BCUT2D eigenvalue weighted by Gasteiger charge is -2.20. The minimum Gasteiger partial charge on any atom is -0.465 e. The molecule has 180 valence electrons. The average molecular weight is 481 g/mol. The number of hydrogen-bond acceptors (Lipinski definition) is 6. The van der Waals surface area contributed by atoms with Crippen LogP contribution >= 0.6 is 0 Å². The Labute approximate surface area is 209 Å². The number of carbonyl (C=O) groups is 3. The average Bonchev–Trinajstić information content (AvgIpc) is 2.95. The number of methoxy groups -OCH3 is 3. The number of rotatable bonds is 6. The Morgan fingerprint density at radius 3 is 1.47 bits per heavy atom. The van der Waals surface area contributed by atoms with E-state index in [4.69, 9.17) is 14.2 Å². The minimum absolute atomic E-state index is 0.00494. The predicted molar refractivity (Wildman–Crippen MR) is 137 cm³/mol. The Bertz CT molecular complexity index is 1410. The monoisotopic (exact) mass is 480 g/mol. The van der Waals surface area contributed by atoms with E-state index in [1.54, 1.807) is 42.5 Å². The van der Waals surface area contributed by atoms with Crippen molar-refractivity contribution in [3.05, 3.63) is 108 Å². The van der Waals surface area contributed by atoms with Crippen molar-refractivity contribution in [2.75, 3.05) is 21.3 Å². The van der Waals surface area contributed by atoms with Gasteiger partial charge >= 0.3 is 17.9 Å². The van der Waals surface area contributed by atoms with Crippen molar-refractivity contribution in [1.82, 2.24) is 0 Å². The van der Waals surface area contributed by atoms with Crippen molar-refractivity contribution < 1.29 is 28.6 Å². The zero-order chi connectivity index (χ0) is 25.7. The van der Waals surface area contributed by atoms with Crippen molar-refractivity contribution in [3.63, 3.8) is 0 Å². The fraction of sp³-hybridized carbons (Fsp3) is 0.100. The third kappa shape index (κ3) is 4.61. The van der Waals surface area contributed by atoms with Crippen molar-refractivity contribution in [1.29, 1.82) is 0 Å². The molecule has 0 unspecified atom stereocenters. The number of carbonyl (C=O) groups excluding carboxylic acids is 3. The second-order valence-corrected chi connectivity index (χ2v) is 7.88. The van der Waals surface area contributed by atoms with Gasteiger partial charge in [-0.05, 0) is 33.9 Å². The molecule has 4 aromatic carbocycles. The largest absolute Gasteiger partial charge is 0.465 e. The SMILES string of the molecule is COC(=O)c1cc(-c2ccccc2)c(C(=O)OC)c(C(=O)OC)c1-c1ccc(-c2ccccc2)cc1. The molecule has 36 heavy (non-hydrogen) atoms. The van der Waals surface area contributed by atoms with Crippen molar-refractivity contribution >= 4 is 17.9 Å². The van der Waals surface area contributed by atoms with E-state index in [0.717, 1.165) is 11.1 Å². The first kappa shape index (κ1) is 24.4. The standard InChI is InChI=1S/C30H24O6/c1-34-28(31)24-18-23(21-12-8-5-9-13-21)26(29(32)35-2)27(30(33)36-3)25(24)22-16-14-20(15-17-22)19-10-6-4-7-11-19/h4-18H,1-3H3. The van der Waals surface area contributed by atoms with Crippen LogP contribution in [0.1, 0.15) is 31.1 Å². The van der Waals surface area contributed by atoms with E-state index in [1.165, 1.54) is 21.3 Å². The van der Waals surface area contributed by atoms with Crippen molar-refractivity contribution in [3.8, 4) is 33.4 Å². The first-order valence-corrected chi connectivity index (χ1v) is 11.2. The van der Waals surface area contributed by atoms with Crippen LogP contribution < -0.4 is 0 Å². The zero-order valence-electron chi connectivity index (χ0n) is 20.1. The van der Waals surface area contributed by atoms with Gasteiger partial charge in [0.25, 0.3) is 0 Å². The summed E-state index contributed by atoms with van der Waals surface area (Å²) in [6, 6.07) is 27.7. The normalized spacial score (nSPS) is 10.4. The Morgan fingerprint density at radius 1 is 0.500 bits per heavy atom. The van der Waals surface area contributed by atoms with Gasteiger partial charge in [0.05, 0.1) is 38.0 Å². The van der Waals surface area contributed by atoms with E-state index in [2.05, 4.69) is 0 Å². The summed E-state index contributed by atoms with van der Waals surface area (Å²) in [6.45, 7) is 0. The molecule has 0 N–H and O–H groups in total. The third-order valence-corrected chi connectivity index (χ3v) is 5.88. The second-order valence-electron chi connectivity index (χ2n) is 7.88. The highest BCUT2D eigenvalue weighted by Gasteiger charge is 2.32. The van der Waals surface area contributed by atoms with E-state index in [9.17, 15) is 14.4 Å². The van der Waals surface area contributed by atoms with Crippen LogP contribution in [0, 0.1) is 0 Å². The Morgan fingerprint density at radius 2 is 0.944 bits per heavy atom. The lowest BCUT2D eigenvalue weighted by Crippen LogP contribution is -2.18. The van der Waals surface area contributed by atoms with Gasteiger partial charge in [-0.2, -0.15) is 0 Å². The predicted octanol–water partition coefficient (Wildman–Crippen LogP) is 6.05. The maximum atomic E-state index is 13.2. The molecular weight excluding hydrogens is 456 g/mol. The van der Waals surface area contributed by atoms with Gasteiger partial charge in [0.2, 0.25) is 0 Å². The fourth-order valence-corrected chi connectivity index (χ4v) is 4.18. The summed E-state index contributed by atoms with van der Waals surface area (Å²) >= 11 is 0. The number of benzene rings is 4. The van der Waals surface area contributed by atoms with Crippen LogP contribution in [0.15, 0.2) is 91.0 Å². The lowest BCUT2D eigenvalue weighted by atomic mass is 9.85. The second kappa shape index (κ2) is 10.7. The molecule has 0 aliphatic carbocycles. The van der Waals surface area contributed by atoms with Crippen LogP contribution in [0.5, 0.6) is 0 Å². The topological polar surface area (TPSA) is 78.9 Å². The summed E-state index contributed by atoms with van der Waals surface area (Å²) < 4.78 is 15.2. The molecule has 0 amide bonds. The Balaban J connectivity index is 2.07. The van der Waals surface area contributed by atoms with Gasteiger partial charge < -0.3 is 14.2 Å². The van der Waals surface area contributed by atoms with E-state index < -0.39 is 17.9 Å². The van der Waals surface area contributed by atoms with Crippen LogP contribution in [-0.2, 0) is 14.2 Å². The van der Waals surface area contributed by atoms with Crippen LogP contribution in [0.4, 0.5) is 0 Å². The quantitative estimate of drug-likeness (QED) is 0.247. The summed E-state index contributed by atoms with van der Waals surface area (Å²) in [6.07, 6.45) is 0. The maximum Gasteiger partial charge on any atom is 0.339 e. The van der Waals surface area contributed by atoms with Gasteiger partial charge in [-0.3, -0.25) is 0 Å². The van der Waals surface area contributed by atoms with Gasteiger partial charge in [-0.15, -0.1) is 0 Å². The van der Waals surface area contributed by atoms with E-state index in [-0.39, 0.29) is 22.3 Å². The molecular formula is C30H24O6. The molecule has 0 atom stereocenters. The highest BCUT2D eigenvalue weighted by molar-refractivity contribution is 6.16. The van der Waals surface area contributed by atoms with Crippen LogP contribution in [0.25, 0.3) is 33.4 Å². The molecule has 6 heteroatoms. The number of esters is 3. The van der Waals surface area contributed by atoms with E-state index in [1.807, 2.05) is 48.5 Å². The summed E-state index contributed by atoms with van der Waals surface area (Å²) in [5.41, 5.74) is 3.77. The van der Waals surface area contributed by atoms with Crippen LogP contribution in [0.3, 0.4) is 0 Å². The summed E-state index contributed by atoms with van der Waals surface area (Å²) in [7, 11) is 3.72. The molecule has 0 bridgehead atoms. The number of ether oxygens (including phenoxy) is 3. The van der Waals surface area contributed by atoms with Gasteiger partial charge in [0.1, 0.15) is 0 Å². The first-order valence-electron chi connectivity index (χ1n) is 11.2. The molecule has 0 aromatic heterocycles. The Kier molecular flexibility index (Phi) is 7.25. The van der Waals surface area contributed by atoms with Crippen molar-refractivity contribution in [2.24, 2.45) is 0 Å². The molecule has 0 saturated heterocycles. The number of hydrogen-bond donors (Lipinski definition) is 0. The van der Waals surface area contributed by atoms with E-state index in [0.29, 0.717) is 16.7 Å². The van der Waals surface area contributed by atoms with Crippen molar-refractivity contribution in [2.45, 2.75) is 0 Å². The molecule has 0 aliphatic heterocycles. The molecule has 0 heterocycles. The molecule has 4 rings (SSSR count). The lowest BCUT2D eigenvalue weighted by molar-refractivity contribution is 0.0554. The Hall–Kier alpha value is -4.71. The van der Waals surface area contributed by atoms with Gasteiger partial charge in [0, 0.05) is 5.56 Å². The summed E-state index contributed by atoms with van der Waals surface area (Å²) in [5, 5.41) is 0. The molecule has 0 fully saturated rings. The third-order valence-electron chi connectivity index (χ3n) is 5.88.